The van der Waals surface area contributed by atoms with Gasteiger partial charge in [0.1, 0.15) is 0 Å². The second-order valence-corrected chi connectivity index (χ2v) is 13.3. The third-order valence-corrected chi connectivity index (χ3v) is 11.9. The van der Waals surface area contributed by atoms with Gasteiger partial charge >= 0.3 is 0 Å². The first-order valence-corrected chi connectivity index (χ1v) is 15.1. The SMILES string of the molecule is COC[C@]1(OC)CC[C@H]2[C@@H]3CC[C@@]4(O)CC(OC)(OC)CCC4=C3[C@@H](c3ccc(C4(C)OCCO4)cc3)C[C@@]21C. The van der Waals surface area contributed by atoms with Crippen molar-refractivity contribution in [2.24, 2.45) is 17.3 Å². The number of hydrogen-bond donors (Lipinski definition) is 1. The van der Waals surface area contributed by atoms with Crippen LogP contribution in [0.2, 0.25) is 0 Å². The van der Waals surface area contributed by atoms with E-state index in [0.717, 1.165) is 50.5 Å². The number of fused-ring (bicyclic) bond motifs is 4. The highest BCUT2D eigenvalue weighted by molar-refractivity contribution is 5.44. The van der Waals surface area contributed by atoms with E-state index in [-0.39, 0.29) is 16.9 Å². The molecule has 40 heavy (non-hydrogen) atoms. The Kier molecular flexibility index (Phi) is 7.30. The van der Waals surface area contributed by atoms with Crippen molar-refractivity contribution >= 4 is 0 Å². The van der Waals surface area contributed by atoms with Gasteiger partial charge < -0.3 is 33.5 Å². The van der Waals surface area contributed by atoms with Gasteiger partial charge in [-0.3, -0.25) is 0 Å². The molecule has 4 fully saturated rings. The predicted molar refractivity (Wildman–Crippen MR) is 151 cm³/mol. The summed E-state index contributed by atoms with van der Waals surface area (Å²) in [7, 11) is 7.05. The normalized spacial score (nSPS) is 40.0. The zero-order valence-corrected chi connectivity index (χ0v) is 25.2. The average Bonchev–Trinajstić information content (AvgIpc) is 3.54. The Balaban J connectivity index is 1.46. The summed E-state index contributed by atoms with van der Waals surface area (Å²) in [5, 5.41) is 12.3. The first-order valence-electron chi connectivity index (χ1n) is 15.1. The maximum absolute atomic E-state index is 12.3. The smallest absolute Gasteiger partial charge is 0.192 e. The van der Waals surface area contributed by atoms with Crippen LogP contribution in [0.5, 0.6) is 0 Å². The molecule has 0 amide bonds. The predicted octanol–water partition coefficient (Wildman–Crippen LogP) is 5.45. The van der Waals surface area contributed by atoms with Gasteiger partial charge in [0.15, 0.2) is 11.6 Å². The summed E-state index contributed by atoms with van der Waals surface area (Å²) >= 11 is 0. The van der Waals surface area contributed by atoms with Crippen molar-refractivity contribution < 1.29 is 33.5 Å². The Morgan fingerprint density at radius 1 is 0.900 bits per heavy atom. The summed E-state index contributed by atoms with van der Waals surface area (Å²) in [4.78, 5) is 0. The summed E-state index contributed by atoms with van der Waals surface area (Å²) in [5.74, 6) is -0.355. The van der Waals surface area contributed by atoms with Gasteiger partial charge in [-0.2, -0.15) is 0 Å². The molecule has 1 saturated heterocycles. The van der Waals surface area contributed by atoms with Crippen LogP contribution in [0.15, 0.2) is 35.4 Å². The van der Waals surface area contributed by atoms with Crippen molar-refractivity contribution in [2.45, 2.75) is 93.9 Å². The number of ether oxygens (including phenoxy) is 6. The Hall–Kier alpha value is -1.32. The quantitative estimate of drug-likeness (QED) is 0.354. The van der Waals surface area contributed by atoms with Crippen molar-refractivity contribution in [1.82, 2.24) is 0 Å². The van der Waals surface area contributed by atoms with Crippen LogP contribution in [-0.2, 0) is 34.2 Å². The molecule has 6 atom stereocenters. The van der Waals surface area contributed by atoms with Crippen LogP contribution >= 0.6 is 0 Å². The summed E-state index contributed by atoms with van der Waals surface area (Å²) in [6.07, 6.45) is 6.79. The van der Waals surface area contributed by atoms with E-state index in [9.17, 15) is 5.11 Å². The van der Waals surface area contributed by atoms with Gasteiger partial charge in [0.25, 0.3) is 0 Å². The van der Waals surface area contributed by atoms with Gasteiger partial charge in [-0.25, -0.2) is 0 Å². The molecule has 1 aromatic carbocycles. The topological polar surface area (TPSA) is 75.6 Å². The van der Waals surface area contributed by atoms with E-state index in [1.54, 1.807) is 21.3 Å². The van der Waals surface area contributed by atoms with Crippen molar-refractivity contribution in [3.05, 3.63) is 46.5 Å². The third-order valence-electron chi connectivity index (χ3n) is 11.9. The first kappa shape index (κ1) is 28.8. The molecule has 5 aliphatic rings. The Morgan fingerprint density at radius 2 is 1.60 bits per heavy atom. The maximum atomic E-state index is 12.3. The number of hydrogen-bond acceptors (Lipinski definition) is 7. The molecule has 7 heteroatoms. The van der Waals surface area contributed by atoms with E-state index in [0.29, 0.717) is 38.1 Å². The number of rotatable bonds is 7. The van der Waals surface area contributed by atoms with E-state index < -0.39 is 17.2 Å². The van der Waals surface area contributed by atoms with Gasteiger partial charge in [0, 0.05) is 58.2 Å². The van der Waals surface area contributed by atoms with Crippen molar-refractivity contribution in [2.75, 3.05) is 48.3 Å². The van der Waals surface area contributed by atoms with E-state index in [2.05, 4.69) is 31.2 Å². The lowest BCUT2D eigenvalue weighted by molar-refractivity contribution is -0.246. The molecule has 1 N–H and O–H groups in total. The van der Waals surface area contributed by atoms with Crippen LogP contribution in [0.4, 0.5) is 0 Å². The number of methoxy groups -OCH3 is 4. The summed E-state index contributed by atoms with van der Waals surface area (Å²) in [6, 6.07) is 8.85. The summed E-state index contributed by atoms with van der Waals surface area (Å²) < 4.78 is 35.8. The van der Waals surface area contributed by atoms with Gasteiger partial charge in [-0.05, 0) is 68.4 Å². The molecule has 6 rings (SSSR count). The van der Waals surface area contributed by atoms with Crippen molar-refractivity contribution in [3.63, 3.8) is 0 Å². The molecule has 0 radical (unpaired) electrons. The lowest BCUT2D eigenvalue weighted by atomic mass is 9.49. The van der Waals surface area contributed by atoms with Crippen LogP contribution in [-0.4, -0.2) is 70.4 Å². The Labute approximate surface area is 239 Å². The minimum Gasteiger partial charge on any atom is -0.385 e. The van der Waals surface area contributed by atoms with Crippen molar-refractivity contribution in [3.8, 4) is 0 Å². The van der Waals surface area contributed by atoms with Crippen LogP contribution in [0.3, 0.4) is 0 Å². The fourth-order valence-electron chi connectivity index (χ4n) is 9.64. The molecule has 222 valence electrons. The molecule has 0 aromatic heterocycles. The Morgan fingerprint density at radius 3 is 2.23 bits per heavy atom. The largest absolute Gasteiger partial charge is 0.385 e. The first-order chi connectivity index (χ1) is 19.1. The molecule has 7 nitrogen and oxygen atoms in total. The Bertz CT molecular complexity index is 1120. The minimum atomic E-state index is -0.912. The van der Waals surface area contributed by atoms with E-state index >= 15 is 0 Å². The fourth-order valence-corrected chi connectivity index (χ4v) is 9.64. The molecular formula is C33H48O7. The molecule has 3 saturated carbocycles. The number of allylic oxidation sites excluding steroid dienone is 1. The molecule has 0 bridgehead atoms. The highest BCUT2D eigenvalue weighted by atomic mass is 16.7. The molecular weight excluding hydrogens is 508 g/mol. The molecule has 1 aromatic rings. The molecule has 0 unspecified atom stereocenters. The monoisotopic (exact) mass is 556 g/mol. The highest BCUT2D eigenvalue weighted by Gasteiger charge is 2.65. The van der Waals surface area contributed by atoms with Gasteiger partial charge in [0.05, 0.1) is 31.0 Å². The van der Waals surface area contributed by atoms with Gasteiger partial charge in [-0.1, -0.05) is 36.8 Å². The van der Waals surface area contributed by atoms with E-state index in [1.165, 1.54) is 16.7 Å². The number of aliphatic hydroxyl groups is 1. The highest BCUT2D eigenvalue weighted by Crippen LogP contribution is 2.68. The van der Waals surface area contributed by atoms with E-state index in [1.807, 2.05) is 14.0 Å². The third kappa shape index (κ3) is 4.10. The van der Waals surface area contributed by atoms with E-state index in [4.69, 9.17) is 28.4 Å². The number of benzene rings is 1. The second-order valence-electron chi connectivity index (χ2n) is 13.3. The van der Waals surface area contributed by atoms with Crippen molar-refractivity contribution in [1.29, 1.82) is 0 Å². The average molecular weight is 557 g/mol. The van der Waals surface area contributed by atoms with Crippen LogP contribution in [0, 0.1) is 17.3 Å². The lowest BCUT2D eigenvalue weighted by Gasteiger charge is -2.58. The molecule has 1 heterocycles. The van der Waals surface area contributed by atoms with Gasteiger partial charge in [-0.15, -0.1) is 0 Å². The molecule has 1 aliphatic heterocycles. The van der Waals surface area contributed by atoms with Gasteiger partial charge in [0.2, 0.25) is 0 Å². The fraction of sp³-hybridized carbons (Fsp3) is 0.758. The van der Waals surface area contributed by atoms with Crippen LogP contribution in [0.25, 0.3) is 0 Å². The molecule has 0 spiro atoms. The maximum Gasteiger partial charge on any atom is 0.192 e. The van der Waals surface area contributed by atoms with Crippen LogP contribution < -0.4 is 0 Å². The zero-order chi connectivity index (χ0) is 28.4. The standard InChI is InChI=1S/C33H48O7/c1-29-19-25(22-7-9-23(10-8-22)30(2)39-17-18-40-30)28-24(26(29)12-15-32(29,36-4)21-35-3)11-14-31(34)20-33(37-5,38-6)16-13-27(28)31/h7-10,24-26,34H,11-21H2,1-6H3/t24-,25+,26-,29-,31+,32+/m0/s1. The lowest BCUT2D eigenvalue weighted by Crippen LogP contribution is -2.57. The minimum absolute atomic E-state index is 0.0492. The summed E-state index contributed by atoms with van der Waals surface area (Å²) in [5.41, 5.74) is 3.75. The zero-order valence-electron chi connectivity index (χ0n) is 25.2. The summed E-state index contributed by atoms with van der Waals surface area (Å²) in [6.45, 7) is 6.27. The molecule has 4 aliphatic carbocycles. The van der Waals surface area contributed by atoms with Crippen LogP contribution in [0.1, 0.15) is 82.3 Å². The second kappa shape index (κ2) is 10.1.